The first kappa shape index (κ1) is 14.2. The summed E-state index contributed by atoms with van der Waals surface area (Å²) in [5.74, 6) is 1.57. The van der Waals surface area contributed by atoms with Crippen molar-refractivity contribution in [3.63, 3.8) is 0 Å². The molecule has 0 spiro atoms. The summed E-state index contributed by atoms with van der Waals surface area (Å²) in [7, 11) is 1.83. The van der Waals surface area contributed by atoms with Gasteiger partial charge in [0.25, 0.3) is 5.91 Å². The highest BCUT2D eigenvalue weighted by atomic mass is 16.5. The molecule has 3 aliphatic heterocycles. The molecule has 0 unspecified atom stereocenters. The van der Waals surface area contributed by atoms with Gasteiger partial charge in [-0.15, -0.1) is 0 Å². The second kappa shape index (κ2) is 5.66. The highest BCUT2D eigenvalue weighted by Gasteiger charge is 2.48. The minimum Gasteiger partial charge on any atom is -0.381 e. The zero-order chi connectivity index (χ0) is 15.1. The molecule has 0 aromatic carbocycles. The monoisotopic (exact) mass is 304 g/mol. The Labute approximate surface area is 131 Å². The first-order chi connectivity index (χ1) is 10.7. The summed E-state index contributed by atoms with van der Waals surface area (Å²) in [6, 6.07) is 2.21. The molecule has 0 N–H and O–H groups in total. The molecular formula is C16H24N4O2. The van der Waals surface area contributed by atoms with Crippen LogP contribution in [0.4, 0.5) is 0 Å². The molecule has 6 nitrogen and oxygen atoms in total. The Morgan fingerprint density at radius 1 is 1.32 bits per heavy atom. The zero-order valence-electron chi connectivity index (χ0n) is 13.1. The average Bonchev–Trinajstić information content (AvgIpc) is 3.06. The van der Waals surface area contributed by atoms with Gasteiger partial charge in [-0.1, -0.05) is 0 Å². The van der Waals surface area contributed by atoms with Gasteiger partial charge in [-0.05, 0) is 24.8 Å². The lowest BCUT2D eigenvalue weighted by Crippen LogP contribution is -2.58. The van der Waals surface area contributed by atoms with Crippen LogP contribution in [-0.2, 0) is 11.8 Å². The summed E-state index contributed by atoms with van der Waals surface area (Å²) in [5, 5.41) is 4.10. The van der Waals surface area contributed by atoms with E-state index in [0.717, 1.165) is 38.8 Å². The van der Waals surface area contributed by atoms with E-state index in [0.29, 0.717) is 17.7 Å². The number of fused-ring (bicyclic) bond motifs is 1. The number of hydrogen-bond donors (Lipinski definition) is 0. The zero-order valence-corrected chi connectivity index (χ0v) is 13.1. The van der Waals surface area contributed by atoms with Crippen LogP contribution in [0.3, 0.4) is 0 Å². The summed E-state index contributed by atoms with van der Waals surface area (Å²) < 4.78 is 7.11. The number of nitrogens with zero attached hydrogens (tertiary/aromatic N) is 4. The number of carbonyl (C=O) groups excluding carboxylic acids is 1. The Kier molecular flexibility index (Phi) is 3.66. The lowest BCUT2D eigenvalue weighted by Gasteiger charge is -2.43. The van der Waals surface area contributed by atoms with Crippen molar-refractivity contribution in [3.8, 4) is 0 Å². The molecule has 0 radical (unpaired) electrons. The van der Waals surface area contributed by atoms with Gasteiger partial charge in [0.2, 0.25) is 0 Å². The smallest absolute Gasteiger partial charge is 0.272 e. The second-order valence-electron chi connectivity index (χ2n) is 6.90. The number of hydrogen-bond acceptors (Lipinski definition) is 4. The van der Waals surface area contributed by atoms with Crippen LogP contribution >= 0.6 is 0 Å². The Hall–Kier alpha value is -1.40. The van der Waals surface area contributed by atoms with Crippen LogP contribution in [0.2, 0.25) is 0 Å². The van der Waals surface area contributed by atoms with Gasteiger partial charge in [0.15, 0.2) is 0 Å². The molecule has 3 fully saturated rings. The average molecular weight is 304 g/mol. The minimum absolute atomic E-state index is 0.133. The molecule has 0 aliphatic carbocycles. The molecule has 1 amide bonds. The van der Waals surface area contributed by atoms with E-state index in [2.05, 4.69) is 10.00 Å². The molecule has 1 aromatic heterocycles. The summed E-state index contributed by atoms with van der Waals surface area (Å²) in [6.07, 6.45) is 4.06. The van der Waals surface area contributed by atoms with Crippen LogP contribution in [0, 0.1) is 11.8 Å². The fourth-order valence-electron chi connectivity index (χ4n) is 4.13. The lowest BCUT2D eigenvalue weighted by molar-refractivity contribution is 0.0315. The first-order valence-corrected chi connectivity index (χ1v) is 8.31. The normalized spacial score (nSPS) is 29.4. The summed E-state index contributed by atoms with van der Waals surface area (Å²) in [4.78, 5) is 17.2. The van der Waals surface area contributed by atoms with E-state index < -0.39 is 0 Å². The number of ether oxygens (including phenoxy) is 1. The molecular weight excluding hydrogens is 280 g/mol. The first-order valence-electron chi connectivity index (χ1n) is 8.31. The number of rotatable bonds is 3. The van der Waals surface area contributed by atoms with Gasteiger partial charge in [0.1, 0.15) is 5.69 Å². The Morgan fingerprint density at radius 2 is 2.14 bits per heavy atom. The molecule has 0 bridgehead atoms. The summed E-state index contributed by atoms with van der Waals surface area (Å²) in [5.41, 5.74) is 0.696. The molecule has 3 saturated heterocycles. The number of amides is 1. The van der Waals surface area contributed by atoms with E-state index in [4.69, 9.17) is 4.74 Å². The van der Waals surface area contributed by atoms with Crippen molar-refractivity contribution >= 4 is 5.91 Å². The highest BCUT2D eigenvalue weighted by molar-refractivity contribution is 5.93. The van der Waals surface area contributed by atoms with Crippen LogP contribution in [0.25, 0.3) is 0 Å². The third kappa shape index (κ3) is 2.44. The van der Waals surface area contributed by atoms with Gasteiger partial charge < -0.3 is 14.5 Å². The van der Waals surface area contributed by atoms with Crippen LogP contribution < -0.4 is 0 Å². The van der Waals surface area contributed by atoms with Crippen molar-refractivity contribution in [2.45, 2.75) is 18.9 Å². The Bertz CT molecular complexity index is 552. The molecule has 1 aromatic rings. The summed E-state index contributed by atoms with van der Waals surface area (Å²) >= 11 is 0. The Morgan fingerprint density at radius 3 is 2.86 bits per heavy atom. The van der Waals surface area contributed by atoms with Crippen molar-refractivity contribution in [2.24, 2.45) is 18.9 Å². The fourth-order valence-corrected chi connectivity index (χ4v) is 4.13. The number of carbonyl (C=O) groups is 1. The maximum Gasteiger partial charge on any atom is 0.272 e. The van der Waals surface area contributed by atoms with Gasteiger partial charge in [-0.25, -0.2) is 0 Å². The largest absolute Gasteiger partial charge is 0.381 e. The molecule has 4 rings (SSSR count). The van der Waals surface area contributed by atoms with Crippen LogP contribution in [-0.4, -0.2) is 70.9 Å². The predicted octanol–water partition coefficient (Wildman–Crippen LogP) is 0.603. The van der Waals surface area contributed by atoms with Crippen molar-refractivity contribution in [1.82, 2.24) is 19.6 Å². The standard InChI is InChI=1S/C16H24N4O2/c1-18-14(2-5-17-18)16(21)20-10-13-9-19(11-15(13)20)8-12-3-6-22-7-4-12/h2,5,12-13,15H,3-4,6-11H2,1H3/t13-,15-/m0/s1. The van der Waals surface area contributed by atoms with E-state index in [-0.39, 0.29) is 5.91 Å². The maximum absolute atomic E-state index is 12.6. The quantitative estimate of drug-likeness (QED) is 0.821. The van der Waals surface area contributed by atoms with E-state index >= 15 is 0 Å². The van der Waals surface area contributed by atoms with Crippen molar-refractivity contribution < 1.29 is 9.53 Å². The molecule has 3 aliphatic rings. The minimum atomic E-state index is 0.133. The molecule has 0 saturated carbocycles. The maximum atomic E-state index is 12.6. The van der Waals surface area contributed by atoms with Gasteiger partial charge in [-0.2, -0.15) is 5.10 Å². The molecule has 120 valence electrons. The molecule has 4 heterocycles. The lowest BCUT2D eigenvalue weighted by atomic mass is 9.91. The highest BCUT2D eigenvalue weighted by Crippen LogP contribution is 2.34. The van der Waals surface area contributed by atoms with E-state index in [1.54, 1.807) is 10.9 Å². The van der Waals surface area contributed by atoms with Crippen LogP contribution in [0.15, 0.2) is 12.3 Å². The second-order valence-corrected chi connectivity index (χ2v) is 6.90. The number of likely N-dealkylation sites (tertiary alicyclic amines) is 2. The fraction of sp³-hybridized carbons (Fsp3) is 0.750. The van der Waals surface area contributed by atoms with Crippen LogP contribution in [0.1, 0.15) is 23.3 Å². The number of aryl methyl sites for hydroxylation is 1. The van der Waals surface area contributed by atoms with Crippen LogP contribution in [0.5, 0.6) is 0 Å². The predicted molar refractivity (Wildman–Crippen MR) is 81.5 cm³/mol. The third-order valence-electron chi connectivity index (χ3n) is 5.47. The Balaban J connectivity index is 1.35. The molecule has 22 heavy (non-hydrogen) atoms. The van der Waals surface area contributed by atoms with Gasteiger partial charge >= 0.3 is 0 Å². The van der Waals surface area contributed by atoms with Crippen molar-refractivity contribution in [3.05, 3.63) is 18.0 Å². The topological polar surface area (TPSA) is 50.6 Å². The third-order valence-corrected chi connectivity index (χ3v) is 5.47. The van der Waals surface area contributed by atoms with Gasteiger partial charge in [-0.3, -0.25) is 9.48 Å². The van der Waals surface area contributed by atoms with E-state index in [9.17, 15) is 4.79 Å². The van der Waals surface area contributed by atoms with E-state index in [1.807, 2.05) is 18.0 Å². The molecule has 6 heteroatoms. The molecule has 2 atom stereocenters. The summed E-state index contributed by atoms with van der Waals surface area (Å²) in [6.45, 7) is 6.08. The van der Waals surface area contributed by atoms with Gasteiger partial charge in [0.05, 0.1) is 6.04 Å². The SMILES string of the molecule is Cn1nccc1C(=O)N1C[C@@H]2CN(CC3CCOCC3)C[C@@H]21. The number of aromatic nitrogens is 2. The van der Waals surface area contributed by atoms with Crippen molar-refractivity contribution in [2.75, 3.05) is 39.4 Å². The van der Waals surface area contributed by atoms with Crippen molar-refractivity contribution in [1.29, 1.82) is 0 Å². The van der Waals surface area contributed by atoms with E-state index in [1.165, 1.54) is 19.4 Å². The van der Waals surface area contributed by atoms with Gasteiger partial charge in [0, 0.05) is 58.6 Å².